The Balaban J connectivity index is 2.00. The van der Waals surface area contributed by atoms with Gasteiger partial charge in [0, 0.05) is 36.9 Å². The molecule has 0 aliphatic rings. The molecule has 5 nitrogen and oxygen atoms in total. The van der Waals surface area contributed by atoms with Crippen LogP contribution in [0.3, 0.4) is 0 Å². The van der Waals surface area contributed by atoms with Crippen LogP contribution in [0.2, 0.25) is 5.02 Å². The highest BCUT2D eigenvalue weighted by Crippen LogP contribution is 2.27. The maximum Gasteiger partial charge on any atom is 0.242 e. The van der Waals surface area contributed by atoms with Crippen LogP contribution in [0.5, 0.6) is 0 Å². The van der Waals surface area contributed by atoms with Crippen molar-refractivity contribution in [3.8, 4) is 0 Å². The Kier molecular flexibility index (Phi) is 7.11. The molecule has 0 saturated carbocycles. The molecule has 0 aliphatic carbocycles. The second kappa shape index (κ2) is 8.90. The van der Waals surface area contributed by atoms with Crippen molar-refractivity contribution in [3.05, 3.63) is 53.1 Å². The number of hydrogen-bond acceptors (Lipinski definition) is 4. The van der Waals surface area contributed by atoms with E-state index < -0.39 is 10.0 Å². The third kappa shape index (κ3) is 5.23. The maximum atomic E-state index is 12.3. The van der Waals surface area contributed by atoms with Gasteiger partial charge in [0.2, 0.25) is 15.9 Å². The highest BCUT2D eigenvalue weighted by Gasteiger charge is 2.20. The lowest BCUT2D eigenvalue weighted by Gasteiger charge is -2.15. The summed E-state index contributed by atoms with van der Waals surface area (Å²) in [5, 5.41) is 3.42. The predicted molar refractivity (Wildman–Crippen MR) is 107 cm³/mol. The number of sulfonamides is 1. The van der Waals surface area contributed by atoms with Gasteiger partial charge >= 0.3 is 0 Å². The van der Waals surface area contributed by atoms with E-state index in [0.29, 0.717) is 28.4 Å². The van der Waals surface area contributed by atoms with Crippen LogP contribution >= 0.6 is 23.4 Å². The number of nitrogens with zero attached hydrogens (tertiary/aromatic N) is 1. The van der Waals surface area contributed by atoms with Crippen LogP contribution in [-0.2, 0) is 14.8 Å². The topological polar surface area (TPSA) is 66.5 Å². The van der Waals surface area contributed by atoms with Crippen LogP contribution in [-0.4, -0.2) is 38.5 Å². The fourth-order valence-corrected chi connectivity index (χ4v) is 4.52. The van der Waals surface area contributed by atoms with E-state index in [1.54, 1.807) is 19.1 Å². The molecule has 0 heterocycles. The third-order valence-corrected chi connectivity index (χ3v) is 7.13. The quantitative estimate of drug-likeness (QED) is 0.697. The summed E-state index contributed by atoms with van der Waals surface area (Å²) in [5.74, 6) is 0.395. The minimum absolute atomic E-state index is 0.179. The number of hydrogen-bond donors (Lipinski definition) is 1. The van der Waals surface area contributed by atoms with E-state index in [4.69, 9.17) is 11.6 Å². The van der Waals surface area contributed by atoms with Gasteiger partial charge in [-0.15, -0.1) is 11.8 Å². The number of carbonyl (C=O) groups is 1. The molecule has 0 atom stereocenters. The summed E-state index contributed by atoms with van der Waals surface area (Å²) in [6.45, 7) is 1.72. The Morgan fingerprint density at radius 1 is 1.19 bits per heavy atom. The van der Waals surface area contributed by atoms with Crippen LogP contribution < -0.4 is 5.32 Å². The molecule has 0 spiro atoms. The molecular formula is C18H21ClN2O3S2. The number of carbonyl (C=O) groups excluding carboxylic acids is 1. The first-order chi connectivity index (χ1) is 12.2. The molecule has 1 amide bonds. The zero-order valence-electron chi connectivity index (χ0n) is 14.8. The first-order valence-corrected chi connectivity index (χ1v) is 10.7. The van der Waals surface area contributed by atoms with Crippen molar-refractivity contribution in [3.63, 3.8) is 0 Å². The molecule has 0 radical (unpaired) electrons. The van der Waals surface area contributed by atoms with Gasteiger partial charge in [-0.25, -0.2) is 12.7 Å². The summed E-state index contributed by atoms with van der Waals surface area (Å²) in [4.78, 5) is 13.3. The van der Waals surface area contributed by atoms with E-state index in [-0.39, 0.29) is 10.8 Å². The first-order valence-electron chi connectivity index (χ1n) is 7.92. The van der Waals surface area contributed by atoms with Gasteiger partial charge in [-0.3, -0.25) is 4.79 Å². The minimum Gasteiger partial charge on any atom is -0.326 e. The summed E-state index contributed by atoms with van der Waals surface area (Å²) in [6, 6.07) is 12.3. The summed E-state index contributed by atoms with van der Waals surface area (Å²) >= 11 is 7.59. The second-order valence-electron chi connectivity index (χ2n) is 5.84. The Morgan fingerprint density at radius 2 is 1.88 bits per heavy atom. The van der Waals surface area contributed by atoms with Gasteiger partial charge < -0.3 is 5.32 Å². The lowest BCUT2D eigenvalue weighted by atomic mass is 10.2. The number of benzene rings is 2. The Morgan fingerprint density at radius 3 is 2.54 bits per heavy atom. The summed E-state index contributed by atoms with van der Waals surface area (Å²) in [5.41, 5.74) is 1.09. The molecule has 0 unspecified atom stereocenters. The molecule has 0 bridgehead atoms. The average Bonchev–Trinajstić information content (AvgIpc) is 2.58. The number of nitrogens with one attached hydrogen (secondary N) is 1. The van der Waals surface area contributed by atoms with Crippen molar-refractivity contribution in [2.75, 3.05) is 25.2 Å². The molecule has 0 fully saturated rings. The molecule has 0 saturated heterocycles. The first kappa shape index (κ1) is 20.8. The lowest BCUT2D eigenvalue weighted by Crippen LogP contribution is -2.23. The van der Waals surface area contributed by atoms with Gasteiger partial charge in [0.05, 0.1) is 9.92 Å². The van der Waals surface area contributed by atoms with Gasteiger partial charge in [-0.2, -0.15) is 0 Å². The third-order valence-electron chi connectivity index (χ3n) is 3.65. The zero-order chi connectivity index (χ0) is 19.3. The van der Waals surface area contributed by atoms with Gasteiger partial charge in [-0.1, -0.05) is 29.8 Å². The van der Waals surface area contributed by atoms with Gasteiger partial charge in [0.25, 0.3) is 0 Å². The number of amides is 1. The number of anilines is 1. The van der Waals surface area contributed by atoms with E-state index in [0.717, 1.165) is 9.20 Å². The van der Waals surface area contributed by atoms with Crippen molar-refractivity contribution in [1.29, 1.82) is 0 Å². The average molecular weight is 413 g/mol. The summed E-state index contributed by atoms with van der Waals surface area (Å²) < 4.78 is 25.9. The van der Waals surface area contributed by atoms with E-state index in [9.17, 15) is 13.2 Å². The zero-order valence-corrected chi connectivity index (χ0v) is 17.2. The van der Waals surface area contributed by atoms with Crippen molar-refractivity contribution in [2.24, 2.45) is 0 Å². The fraction of sp³-hybridized carbons (Fsp3) is 0.278. The largest absolute Gasteiger partial charge is 0.326 e. The highest BCUT2D eigenvalue weighted by atomic mass is 35.5. The molecule has 0 aliphatic heterocycles. The summed E-state index contributed by atoms with van der Waals surface area (Å²) in [6.07, 6.45) is 0.291. The molecule has 140 valence electrons. The molecular weight excluding hydrogens is 392 g/mol. The maximum absolute atomic E-state index is 12.3. The molecule has 2 rings (SSSR count). The van der Waals surface area contributed by atoms with E-state index >= 15 is 0 Å². The Hall–Kier alpha value is -1.54. The van der Waals surface area contributed by atoms with Gasteiger partial charge in [0.15, 0.2) is 0 Å². The highest BCUT2D eigenvalue weighted by molar-refractivity contribution is 7.99. The van der Waals surface area contributed by atoms with Crippen LogP contribution in [0, 0.1) is 6.92 Å². The number of aryl methyl sites for hydroxylation is 1. The normalized spacial score (nSPS) is 11.6. The SMILES string of the molecule is Cc1ccc(NC(=O)CCSc2ccccc2Cl)cc1S(=O)(=O)N(C)C. The number of thioether (sulfide) groups is 1. The van der Waals surface area contributed by atoms with Crippen LogP contribution in [0.1, 0.15) is 12.0 Å². The van der Waals surface area contributed by atoms with Gasteiger partial charge in [0.1, 0.15) is 0 Å². The monoisotopic (exact) mass is 412 g/mol. The van der Waals surface area contributed by atoms with Crippen molar-refractivity contribution in [1.82, 2.24) is 4.31 Å². The fourth-order valence-electron chi connectivity index (χ4n) is 2.19. The van der Waals surface area contributed by atoms with Crippen LogP contribution in [0.25, 0.3) is 0 Å². The number of halogens is 1. The van der Waals surface area contributed by atoms with Crippen LogP contribution in [0.15, 0.2) is 52.3 Å². The van der Waals surface area contributed by atoms with Crippen molar-refractivity contribution in [2.45, 2.75) is 23.1 Å². The minimum atomic E-state index is -3.56. The molecule has 2 aromatic rings. The molecule has 0 aromatic heterocycles. The van der Waals surface area contributed by atoms with E-state index in [1.807, 2.05) is 24.3 Å². The second-order valence-corrected chi connectivity index (χ2v) is 9.51. The molecule has 1 N–H and O–H groups in total. The Labute approximate surface area is 163 Å². The van der Waals surface area contributed by atoms with E-state index in [2.05, 4.69) is 5.32 Å². The van der Waals surface area contributed by atoms with Crippen molar-refractivity contribution < 1.29 is 13.2 Å². The lowest BCUT2D eigenvalue weighted by molar-refractivity contribution is -0.115. The van der Waals surface area contributed by atoms with Crippen molar-refractivity contribution >= 4 is 45.0 Å². The number of rotatable bonds is 7. The Bertz CT molecular complexity index is 899. The van der Waals surface area contributed by atoms with E-state index in [1.165, 1.54) is 31.9 Å². The summed E-state index contributed by atoms with van der Waals surface area (Å²) in [7, 11) is -0.604. The van der Waals surface area contributed by atoms with Gasteiger partial charge in [-0.05, 0) is 36.8 Å². The molecule has 2 aromatic carbocycles. The molecule has 26 heavy (non-hydrogen) atoms. The smallest absolute Gasteiger partial charge is 0.242 e. The van der Waals surface area contributed by atoms with Crippen LogP contribution in [0.4, 0.5) is 5.69 Å². The molecule has 8 heteroatoms. The standard InChI is InChI=1S/C18H21ClN2O3S2/c1-13-8-9-14(12-17(13)26(23,24)21(2)3)20-18(22)10-11-25-16-7-5-4-6-15(16)19/h4-9,12H,10-11H2,1-3H3,(H,20,22). The predicted octanol–water partition coefficient (Wildman–Crippen LogP) is 4.02.